The van der Waals surface area contributed by atoms with E-state index in [0.29, 0.717) is 60.1 Å². The van der Waals surface area contributed by atoms with E-state index in [1.54, 1.807) is 35.4 Å². The lowest BCUT2D eigenvalue weighted by atomic mass is 10.2. The Morgan fingerprint density at radius 2 is 1.93 bits per heavy atom. The Hall–Kier alpha value is -3.55. The van der Waals surface area contributed by atoms with Gasteiger partial charge < -0.3 is 18.8 Å². The highest BCUT2D eigenvalue weighted by atomic mass is 127. The lowest BCUT2D eigenvalue weighted by Gasteiger charge is -2.26. The molecule has 1 saturated heterocycles. The second-order valence-electron chi connectivity index (χ2n) is 9.08. The van der Waals surface area contributed by atoms with Crippen LogP contribution in [0.5, 0.6) is 5.75 Å². The van der Waals surface area contributed by atoms with Gasteiger partial charge in [0, 0.05) is 22.9 Å². The molecule has 1 aliphatic heterocycles. The zero-order chi connectivity index (χ0) is 27.6. The van der Waals surface area contributed by atoms with E-state index in [-0.39, 0.29) is 18.1 Å². The van der Waals surface area contributed by atoms with Gasteiger partial charge in [-0.25, -0.2) is 4.98 Å². The normalized spacial score (nSPS) is 13.9. The summed E-state index contributed by atoms with van der Waals surface area (Å²) in [5, 5.41) is 5.85. The molecular formula is C29H22BrIN4O5. The number of carbonyl (C=O) groups excluding carboxylic acids is 1. The number of furan rings is 1. The molecule has 5 aromatic rings. The Balaban J connectivity index is 1.30. The van der Waals surface area contributed by atoms with Crippen molar-refractivity contribution in [1.82, 2.24) is 14.6 Å². The highest BCUT2D eigenvalue weighted by molar-refractivity contribution is 14.1. The van der Waals surface area contributed by atoms with Gasteiger partial charge in [0.1, 0.15) is 11.3 Å². The molecule has 3 heterocycles. The maximum Gasteiger partial charge on any atom is 0.282 e. The van der Waals surface area contributed by atoms with Gasteiger partial charge in [0.05, 0.1) is 33.9 Å². The van der Waals surface area contributed by atoms with Crippen LogP contribution in [0.15, 0.2) is 85.5 Å². The average Bonchev–Trinajstić information content (AvgIpc) is 3.39. The minimum Gasteiger partial charge on any atom is -0.483 e. The topological polar surface area (TPSA) is 99.2 Å². The van der Waals surface area contributed by atoms with Crippen molar-refractivity contribution >= 4 is 72.5 Å². The number of hydrogen-bond donors (Lipinski definition) is 0. The molecule has 0 atom stereocenters. The number of ether oxygens (including phenoxy) is 2. The van der Waals surface area contributed by atoms with Gasteiger partial charge in [0.2, 0.25) is 5.82 Å². The van der Waals surface area contributed by atoms with Crippen LogP contribution in [-0.2, 0) is 9.53 Å². The molecule has 40 heavy (non-hydrogen) atoms. The van der Waals surface area contributed by atoms with Crippen molar-refractivity contribution in [2.75, 3.05) is 32.9 Å². The molecule has 11 heteroatoms. The van der Waals surface area contributed by atoms with E-state index in [1.807, 2.05) is 42.5 Å². The van der Waals surface area contributed by atoms with Crippen molar-refractivity contribution in [3.63, 3.8) is 0 Å². The first kappa shape index (κ1) is 26.7. The summed E-state index contributed by atoms with van der Waals surface area (Å²) in [5.74, 6) is 1.25. The highest BCUT2D eigenvalue weighted by Gasteiger charge is 2.18. The molecule has 6 rings (SSSR count). The van der Waals surface area contributed by atoms with Crippen LogP contribution in [0.1, 0.15) is 5.56 Å². The summed E-state index contributed by atoms with van der Waals surface area (Å²) in [6.07, 6.45) is 1.59. The third-order valence-corrected chi connectivity index (χ3v) is 7.78. The number of fused-ring (bicyclic) bond motifs is 2. The van der Waals surface area contributed by atoms with Crippen LogP contribution in [0.25, 0.3) is 33.5 Å². The number of benzene rings is 3. The van der Waals surface area contributed by atoms with Crippen molar-refractivity contribution in [1.29, 1.82) is 0 Å². The second kappa shape index (κ2) is 11.5. The zero-order valence-corrected chi connectivity index (χ0v) is 24.8. The molecule has 0 saturated carbocycles. The van der Waals surface area contributed by atoms with Gasteiger partial charge in [0.25, 0.3) is 11.5 Å². The Morgan fingerprint density at radius 3 is 2.75 bits per heavy atom. The standard InChI is InChI=1S/C29H22BrIN4O5/c30-20-6-8-24-19(14-20)15-26(40-24)28-33-23-4-2-1-3-21(23)29(37)35(28)32-16-18-5-7-25(22(31)13-18)39-17-27(36)34-9-11-38-12-10-34/h1-8,13-16H,9-12,17H2. The predicted molar refractivity (Wildman–Crippen MR) is 164 cm³/mol. The first-order chi connectivity index (χ1) is 19.5. The van der Waals surface area contributed by atoms with Crippen LogP contribution < -0.4 is 10.3 Å². The molecule has 0 N–H and O–H groups in total. The third kappa shape index (κ3) is 5.54. The van der Waals surface area contributed by atoms with Crippen molar-refractivity contribution in [3.05, 3.63) is 90.7 Å². The number of nitrogens with zero attached hydrogens (tertiary/aromatic N) is 4. The molecule has 1 amide bonds. The van der Waals surface area contributed by atoms with Crippen LogP contribution in [-0.4, -0.2) is 59.6 Å². The van der Waals surface area contributed by atoms with Gasteiger partial charge in [-0.3, -0.25) is 9.59 Å². The lowest BCUT2D eigenvalue weighted by Crippen LogP contribution is -2.43. The van der Waals surface area contributed by atoms with Gasteiger partial charge in [-0.15, -0.1) is 0 Å². The van der Waals surface area contributed by atoms with Crippen LogP contribution in [0.2, 0.25) is 0 Å². The largest absolute Gasteiger partial charge is 0.483 e. The number of para-hydroxylation sites is 1. The van der Waals surface area contributed by atoms with E-state index in [9.17, 15) is 9.59 Å². The maximum absolute atomic E-state index is 13.5. The monoisotopic (exact) mass is 712 g/mol. The van der Waals surface area contributed by atoms with Gasteiger partial charge in [-0.1, -0.05) is 28.1 Å². The van der Waals surface area contributed by atoms with Crippen molar-refractivity contribution in [3.8, 4) is 17.3 Å². The van der Waals surface area contributed by atoms with Crippen LogP contribution in [0.3, 0.4) is 0 Å². The summed E-state index contributed by atoms with van der Waals surface area (Å²) in [7, 11) is 0. The van der Waals surface area contributed by atoms with E-state index < -0.39 is 0 Å². The Bertz CT molecular complexity index is 1830. The summed E-state index contributed by atoms with van der Waals surface area (Å²) in [4.78, 5) is 32.4. The fourth-order valence-corrected chi connectivity index (χ4v) is 5.47. The molecule has 0 spiro atoms. The Labute approximate surface area is 250 Å². The molecule has 2 aromatic heterocycles. The van der Waals surface area contributed by atoms with E-state index in [1.165, 1.54) is 4.68 Å². The molecule has 0 radical (unpaired) electrons. The fraction of sp³-hybridized carbons (Fsp3) is 0.172. The first-order valence-electron chi connectivity index (χ1n) is 12.5. The van der Waals surface area contributed by atoms with Gasteiger partial charge in [-0.05, 0) is 82.8 Å². The third-order valence-electron chi connectivity index (χ3n) is 6.45. The molecule has 1 fully saturated rings. The van der Waals surface area contributed by atoms with Crippen molar-refractivity contribution in [2.24, 2.45) is 5.10 Å². The molecule has 0 bridgehead atoms. The molecule has 9 nitrogen and oxygen atoms in total. The molecule has 3 aromatic carbocycles. The Morgan fingerprint density at radius 1 is 1.10 bits per heavy atom. The van der Waals surface area contributed by atoms with Crippen molar-refractivity contribution in [2.45, 2.75) is 0 Å². The summed E-state index contributed by atoms with van der Waals surface area (Å²) in [6.45, 7) is 2.20. The highest BCUT2D eigenvalue weighted by Crippen LogP contribution is 2.29. The summed E-state index contributed by atoms with van der Waals surface area (Å²) < 4.78 is 20.1. The van der Waals surface area contributed by atoms with Gasteiger partial charge >= 0.3 is 0 Å². The number of carbonyl (C=O) groups is 1. The predicted octanol–water partition coefficient (Wildman–Crippen LogP) is 5.30. The lowest BCUT2D eigenvalue weighted by molar-refractivity contribution is -0.137. The number of morpholine rings is 1. The zero-order valence-electron chi connectivity index (χ0n) is 21.0. The van der Waals surface area contributed by atoms with Gasteiger partial charge in [0.15, 0.2) is 12.4 Å². The quantitative estimate of drug-likeness (QED) is 0.175. The fourth-order valence-electron chi connectivity index (χ4n) is 4.40. The minimum absolute atomic E-state index is 0.0426. The van der Waals surface area contributed by atoms with Crippen LogP contribution in [0.4, 0.5) is 0 Å². The summed E-state index contributed by atoms with van der Waals surface area (Å²) in [6, 6.07) is 20.2. The number of aromatic nitrogens is 2. The van der Waals surface area contributed by atoms with E-state index in [4.69, 9.17) is 18.9 Å². The molecular weight excluding hydrogens is 691 g/mol. The number of amides is 1. The minimum atomic E-state index is -0.310. The average molecular weight is 713 g/mol. The smallest absolute Gasteiger partial charge is 0.282 e. The molecule has 202 valence electrons. The maximum atomic E-state index is 13.5. The van der Waals surface area contributed by atoms with Gasteiger partial charge in [-0.2, -0.15) is 9.78 Å². The van der Waals surface area contributed by atoms with E-state index >= 15 is 0 Å². The van der Waals surface area contributed by atoms with Crippen molar-refractivity contribution < 1.29 is 18.7 Å². The first-order valence-corrected chi connectivity index (χ1v) is 14.4. The van der Waals surface area contributed by atoms with E-state index in [2.05, 4.69) is 43.6 Å². The number of halogens is 2. The molecule has 0 unspecified atom stereocenters. The second-order valence-corrected chi connectivity index (χ2v) is 11.2. The van der Waals surface area contributed by atoms with E-state index in [0.717, 1.165) is 19.0 Å². The molecule has 1 aliphatic rings. The van der Waals surface area contributed by atoms with Crippen LogP contribution in [0, 0.1) is 3.57 Å². The SMILES string of the molecule is O=C(COc1ccc(C=Nn2c(-c3cc4cc(Br)ccc4o3)nc3ccccc3c2=O)cc1I)N1CCOCC1. The number of hydrogen-bond acceptors (Lipinski definition) is 7. The summed E-state index contributed by atoms with van der Waals surface area (Å²) in [5.41, 5.74) is 1.66. The number of rotatable bonds is 6. The Kier molecular flexibility index (Phi) is 7.67. The summed E-state index contributed by atoms with van der Waals surface area (Å²) >= 11 is 5.64. The molecule has 0 aliphatic carbocycles. The van der Waals surface area contributed by atoms with Crippen LogP contribution >= 0.6 is 38.5 Å².